The van der Waals surface area contributed by atoms with Crippen LogP contribution in [0.2, 0.25) is 0 Å². The molecule has 0 spiro atoms. The number of para-hydroxylation sites is 1. The lowest BCUT2D eigenvalue weighted by Crippen LogP contribution is -2.32. The molecule has 138 valence electrons. The van der Waals surface area contributed by atoms with Crippen LogP contribution in [-0.4, -0.2) is 32.2 Å². The quantitative estimate of drug-likeness (QED) is 0.728. The molecule has 1 N–H and O–H groups in total. The summed E-state index contributed by atoms with van der Waals surface area (Å²) in [5.41, 5.74) is 1.52. The molecule has 1 fully saturated rings. The van der Waals surface area contributed by atoms with Crippen molar-refractivity contribution in [2.45, 2.75) is 38.3 Å². The zero-order valence-electron chi connectivity index (χ0n) is 14.9. The molecule has 27 heavy (non-hydrogen) atoms. The number of nitrogens with one attached hydrogen (secondary N) is 1. The van der Waals surface area contributed by atoms with Crippen molar-refractivity contribution in [1.29, 1.82) is 0 Å². The molecule has 7 heteroatoms. The largest absolute Gasteiger partial charge is 0.486 e. The van der Waals surface area contributed by atoms with Crippen LogP contribution in [0, 0.1) is 0 Å². The molecule has 0 saturated heterocycles. The number of benzene rings is 2. The van der Waals surface area contributed by atoms with Crippen molar-refractivity contribution in [3.63, 3.8) is 0 Å². The van der Waals surface area contributed by atoms with E-state index in [1.54, 1.807) is 28.9 Å². The van der Waals surface area contributed by atoms with Crippen LogP contribution in [0.1, 0.15) is 41.9 Å². The van der Waals surface area contributed by atoms with Crippen LogP contribution in [0.3, 0.4) is 0 Å². The molecule has 0 unspecified atom stereocenters. The highest BCUT2D eigenvalue weighted by Gasteiger charge is 2.18. The second kappa shape index (κ2) is 7.99. The van der Waals surface area contributed by atoms with E-state index in [0.717, 1.165) is 18.5 Å². The fourth-order valence-electron chi connectivity index (χ4n) is 3.25. The second-order valence-electron chi connectivity index (χ2n) is 6.61. The number of hydrogen-bond donors (Lipinski definition) is 1. The van der Waals surface area contributed by atoms with Crippen LogP contribution >= 0.6 is 0 Å². The maximum absolute atomic E-state index is 12.3. The van der Waals surface area contributed by atoms with Gasteiger partial charge in [0.05, 0.1) is 5.69 Å². The van der Waals surface area contributed by atoms with E-state index < -0.39 is 0 Å². The molecule has 3 aromatic rings. The highest BCUT2D eigenvalue weighted by atomic mass is 16.5. The van der Waals surface area contributed by atoms with E-state index in [2.05, 4.69) is 20.8 Å². The lowest BCUT2D eigenvalue weighted by molar-refractivity contribution is 0.0938. The molecular weight excluding hydrogens is 342 g/mol. The minimum absolute atomic E-state index is 0.0264. The molecule has 0 radical (unpaired) electrons. The highest BCUT2D eigenvalue weighted by molar-refractivity contribution is 5.94. The molecule has 0 aliphatic heterocycles. The topological polar surface area (TPSA) is 81.9 Å². The van der Waals surface area contributed by atoms with E-state index in [1.807, 2.05) is 30.3 Å². The summed E-state index contributed by atoms with van der Waals surface area (Å²) >= 11 is 0. The van der Waals surface area contributed by atoms with Gasteiger partial charge in [-0.05, 0) is 59.7 Å². The third-order valence-electron chi connectivity index (χ3n) is 4.71. The van der Waals surface area contributed by atoms with Crippen LogP contribution < -0.4 is 10.1 Å². The van der Waals surface area contributed by atoms with Crippen LogP contribution in [0.4, 0.5) is 0 Å². The Hall–Kier alpha value is -3.22. The maximum Gasteiger partial charge on any atom is 0.251 e. The van der Waals surface area contributed by atoms with Gasteiger partial charge in [0.25, 0.3) is 5.91 Å². The first-order valence-corrected chi connectivity index (χ1v) is 9.16. The number of tetrazole rings is 1. The molecule has 1 aromatic heterocycles. The third kappa shape index (κ3) is 4.13. The molecule has 2 aromatic carbocycles. The summed E-state index contributed by atoms with van der Waals surface area (Å²) in [6, 6.07) is 17.1. The van der Waals surface area contributed by atoms with Gasteiger partial charge in [-0.2, -0.15) is 4.68 Å². The first kappa shape index (κ1) is 17.2. The Morgan fingerprint density at radius 2 is 1.81 bits per heavy atom. The van der Waals surface area contributed by atoms with Gasteiger partial charge in [0.1, 0.15) is 12.4 Å². The SMILES string of the molecule is O=C(NC1CCCC1)c1ccc(OCc2nnnn2-c2ccccc2)cc1. The van der Waals surface area contributed by atoms with Crippen molar-refractivity contribution in [3.8, 4) is 11.4 Å². The predicted molar refractivity (Wildman–Crippen MR) is 99.7 cm³/mol. The summed E-state index contributed by atoms with van der Waals surface area (Å²) in [5.74, 6) is 1.24. The van der Waals surface area contributed by atoms with Gasteiger partial charge in [-0.15, -0.1) is 5.10 Å². The standard InChI is InChI=1S/C20H21N5O2/c26-20(21-16-6-4-5-7-16)15-10-12-18(13-11-15)27-14-19-22-23-24-25(19)17-8-2-1-3-9-17/h1-3,8-13,16H,4-7,14H2,(H,21,26). The first-order valence-electron chi connectivity index (χ1n) is 9.16. The average molecular weight is 363 g/mol. The minimum Gasteiger partial charge on any atom is -0.486 e. The van der Waals surface area contributed by atoms with Crippen molar-refractivity contribution >= 4 is 5.91 Å². The molecule has 1 saturated carbocycles. The van der Waals surface area contributed by atoms with E-state index in [4.69, 9.17) is 4.74 Å². The Labute approximate surface area is 157 Å². The van der Waals surface area contributed by atoms with Gasteiger partial charge in [0.15, 0.2) is 5.82 Å². The molecular formula is C20H21N5O2. The molecule has 4 rings (SSSR count). The number of carbonyl (C=O) groups excluding carboxylic acids is 1. The van der Waals surface area contributed by atoms with E-state index in [9.17, 15) is 4.79 Å². The Morgan fingerprint density at radius 3 is 2.56 bits per heavy atom. The Balaban J connectivity index is 1.37. The summed E-state index contributed by atoms with van der Waals surface area (Å²) < 4.78 is 7.43. The molecule has 7 nitrogen and oxygen atoms in total. The molecule has 0 atom stereocenters. The van der Waals surface area contributed by atoms with Gasteiger partial charge >= 0.3 is 0 Å². The fraction of sp³-hybridized carbons (Fsp3) is 0.300. The Bertz CT molecular complexity index is 886. The lowest BCUT2D eigenvalue weighted by atomic mass is 10.1. The summed E-state index contributed by atoms with van der Waals surface area (Å²) in [5, 5.41) is 14.8. The number of nitrogens with zero attached hydrogens (tertiary/aromatic N) is 4. The van der Waals surface area contributed by atoms with Crippen LogP contribution in [0.25, 0.3) is 5.69 Å². The van der Waals surface area contributed by atoms with Gasteiger partial charge < -0.3 is 10.1 Å². The van der Waals surface area contributed by atoms with Gasteiger partial charge in [0, 0.05) is 11.6 Å². The monoisotopic (exact) mass is 363 g/mol. The molecule has 1 heterocycles. The van der Waals surface area contributed by atoms with Crippen molar-refractivity contribution in [2.24, 2.45) is 0 Å². The normalized spacial score (nSPS) is 14.2. The smallest absolute Gasteiger partial charge is 0.251 e. The van der Waals surface area contributed by atoms with E-state index in [1.165, 1.54) is 12.8 Å². The number of aromatic nitrogens is 4. The van der Waals surface area contributed by atoms with Crippen molar-refractivity contribution < 1.29 is 9.53 Å². The fourth-order valence-corrected chi connectivity index (χ4v) is 3.25. The molecule has 0 bridgehead atoms. The zero-order valence-corrected chi connectivity index (χ0v) is 14.9. The Morgan fingerprint density at radius 1 is 1.07 bits per heavy atom. The van der Waals surface area contributed by atoms with E-state index in [0.29, 0.717) is 23.2 Å². The van der Waals surface area contributed by atoms with Crippen LogP contribution in [-0.2, 0) is 6.61 Å². The molecule has 1 aliphatic rings. The van der Waals surface area contributed by atoms with E-state index >= 15 is 0 Å². The predicted octanol–water partition coefficient (Wildman–Crippen LogP) is 2.91. The number of hydrogen-bond acceptors (Lipinski definition) is 5. The van der Waals surface area contributed by atoms with Gasteiger partial charge in [-0.1, -0.05) is 31.0 Å². The molecule has 1 aliphatic carbocycles. The first-order chi connectivity index (χ1) is 13.3. The van der Waals surface area contributed by atoms with Gasteiger partial charge in [0.2, 0.25) is 0 Å². The highest BCUT2D eigenvalue weighted by Crippen LogP contribution is 2.19. The summed E-state index contributed by atoms with van der Waals surface area (Å²) in [6.07, 6.45) is 4.53. The van der Waals surface area contributed by atoms with E-state index in [-0.39, 0.29) is 12.5 Å². The van der Waals surface area contributed by atoms with Crippen LogP contribution in [0.5, 0.6) is 5.75 Å². The number of rotatable bonds is 6. The molecule has 1 amide bonds. The summed E-state index contributed by atoms with van der Waals surface area (Å²) in [6.45, 7) is 0.232. The number of amides is 1. The third-order valence-corrected chi connectivity index (χ3v) is 4.71. The maximum atomic E-state index is 12.3. The number of ether oxygens (including phenoxy) is 1. The Kier molecular flexibility index (Phi) is 5.09. The van der Waals surface area contributed by atoms with Crippen molar-refractivity contribution in [1.82, 2.24) is 25.5 Å². The summed E-state index contributed by atoms with van der Waals surface area (Å²) in [7, 11) is 0. The van der Waals surface area contributed by atoms with Gasteiger partial charge in [-0.25, -0.2) is 0 Å². The number of carbonyl (C=O) groups is 1. The minimum atomic E-state index is -0.0264. The zero-order chi connectivity index (χ0) is 18.5. The lowest BCUT2D eigenvalue weighted by Gasteiger charge is -2.12. The van der Waals surface area contributed by atoms with Crippen molar-refractivity contribution in [2.75, 3.05) is 0 Å². The van der Waals surface area contributed by atoms with Crippen LogP contribution in [0.15, 0.2) is 54.6 Å². The summed E-state index contributed by atoms with van der Waals surface area (Å²) in [4.78, 5) is 12.3. The van der Waals surface area contributed by atoms with Crippen molar-refractivity contribution in [3.05, 3.63) is 66.0 Å². The average Bonchev–Trinajstić information content (AvgIpc) is 3.39. The second-order valence-corrected chi connectivity index (χ2v) is 6.61. The van der Waals surface area contributed by atoms with Gasteiger partial charge in [-0.3, -0.25) is 4.79 Å².